The Kier molecular flexibility index (Phi) is 2.99. The third kappa shape index (κ3) is 1.73. The molecule has 0 fully saturated rings. The molecule has 0 aliphatic carbocycles. The van der Waals surface area contributed by atoms with Crippen molar-refractivity contribution in [2.24, 2.45) is 0 Å². The van der Waals surface area contributed by atoms with Gasteiger partial charge in [0.15, 0.2) is 11.3 Å². The van der Waals surface area contributed by atoms with Crippen LogP contribution < -0.4 is 5.73 Å². The maximum absolute atomic E-state index is 11.6. The van der Waals surface area contributed by atoms with Crippen molar-refractivity contribution in [3.8, 4) is 0 Å². The highest BCUT2D eigenvalue weighted by Crippen LogP contribution is 2.19. The van der Waals surface area contributed by atoms with E-state index >= 15 is 0 Å². The van der Waals surface area contributed by atoms with Gasteiger partial charge in [0.05, 0.1) is 16.4 Å². The Balaban J connectivity index is 2.64. The van der Waals surface area contributed by atoms with Crippen LogP contribution in [0.4, 0.5) is 5.82 Å². The fourth-order valence-corrected chi connectivity index (χ4v) is 2.00. The Labute approximate surface area is 106 Å². The number of rotatable bonds is 2. The summed E-state index contributed by atoms with van der Waals surface area (Å²) in [6.07, 6.45) is 1.48. The summed E-state index contributed by atoms with van der Waals surface area (Å²) in [5, 5.41) is 0. The fraction of sp³-hybridized carbons (Fsp3) is 0.200. The van der Waals surface area contributed by atoms with Crippen molar-refractivity contribution in [2.45, 2.75) is 6.92 Å². The van der Waals surface area contributed by atoms with Gasteiger partial charge in [-0.3, -0.25) is 4.40 Å². The first-order valence-corrected chi connectivity index (χ1v) is 5.81. The van der Waals surface area contributed by atoms with Crippen LogP contribution in [0.5, 0.6) is 0 Å². The molecule has 0 saturated heterocycles. The van der Waals surface area contributed by atoms with Gasteiger partial charge in [-0.2, -0.15) is 0 Å². The summed E-state index contributed by atoms with van der Waals surface area (Å²) in [5.74, 6) is 0.0552. The summed E-state index contributed by atoms with van der Waals surface area (Å²) in [7, 11) is 0. The van der Waals surface area contributed by atoms with Crippen molar-refractivity contribution in [3.05, 3.63) is 27.6 Å². The van der Waals surface area contributed by atoms with Crippen LogP contribution in [-0.2, 0) is 4.74 Å². The number of carbonyl (C=O) groups excluding carboxylic acids is 1. The maximum Gasteiger partial charge on any atom is 0.357 e. The van der Waals surface area contributed by atoms with E-state index in [0.717, 1.165) is 3.57 Å². The first kappa shape index (κ1) is 11.2. The number of esters is 1. The Morgan fingerprint density at radius 1 is 1.62 bits per heavy atom. The molecule has 0 spiro atoms. The Morgan fingerprint density at radius 2 is 2.38 bits per heavy atom. The van der Waals surface area contributed by atoms with Gasteiger partial charge in [0.1, 0.15) is 5.82 Å². The van der Waals surface area contributed by atoms with Crippen LogP contribution in [0.3, 0.4) is 0 Å². The number of fused-ring (bicyclic) bond motifs is 1. The third-order valence-corrected chi connectivity index (χ3v) is 2.96. The maximum atomic E-state index is 11.6. The lowest BCUT2D eigenvalue weighted by atomic mass is 10.4. The lowest BCUT2D eigenvalue weighted by molar-refractivity contribution is 0.0518. The third-order valence-electron chi connectivity index (χ3n) is 2.12. The van der Waals surface area contributed by atoms with Crippen LogP contribution in [0.25, 0.3) is 5.65 Å². The Bertz CT molecular complexity index is 550. The molecule has 84 valence electrons. The van der Waals surface area contributed by atoms with Gasteiger partial charge in [-0.15, -0.1) is 0 Å². The van der Waals surface area contributed by atoms with Crippen molar-refractivity contribution in [1.29, 1.82) is 0 Å². The number of halogens is 1. The number of hydrogen-bond donors (Lipinski definition) is 1. The summed E-state index contributed by atoms with van der Waals surface area (Å²) in [5.41, 5.74) is 6.84. The molecule has 2 N–H and O–H groups in total. The number of imidazole rings is 1. The number of aromatic nitrogens is 2. The lowest BCUT2D eigenvalue weighted by Gasteiger charge is -2.05. The minimum absolute atomic E-state index is 0.329. The predicted octanol–water partition coefficient (Wildman–Crippen LogP) is 1.70. The van der Waals surface area contributed by atoms with Crippen LogP contribution in [0, 0.1) is 3.57 Å². The van der Waals surface area contributed by atoms with E-state index in [-0.39, 0.29) is 0 Å². The van der Waals surface area contributed by atoms with Crippen molar-refractivity contribution in [2.75, 3.05) is 12.3 Å². The number of pyridine rings is 1. The molecule has 2 heterocycles. The molecule has 2 aromatic rings. The molecular formula is C10H10IN3O2. The zero-order valence-corrected chi connectivity index (χ0v) is 10.8. The van der Waals surface area contributed by atoms with Crippen LogP contribution in [0.2, 0.25) is 0 Å². The molecule has 16 heavy (non-hydrogen) atoms. The minimum Gasteiger partial charge on any atom is -0.461 e. The first-order chi connectivity index (χ1) is 7.65. The van der Waals surface area contributed by atoms with E-state index in [1.165, 1.54) is 6.20 Å². The summed E-state index contributed by atoms with van der Waals surface area (Å²) < 4.78 is 7.46. The number of nitrogens with zero attached hydrogens (tertiary/aromatic N) is 2. The summed E-state index contributed by atoms with van der Waals surface area (Å²) in [4.78, 5) is 15.8. The molecule has 0 amide bonds. The van der Waals surface area contributed by atoms with Gasteiger partial charge >= 0.3 is 5.97 Å². The number of nitrogens with two attached hydrogens (primary N) is 1. The van der Waals surface area contributed by atoms with Gasteiger partial charge < -0.3 is 10.5 Å². The van der Waals surface area contributed by atoms with Gasteiger partial charge in [-0.05, 0) is 41.6 Å². The number of anilines is 1. The van der Waals surface area contributed by atoms with E-state index in [0.29, 0.717) is 23.8 Å². The van der Waals surface area contributed by atoms with E-state index < -0.39 is 5.97 Å². The molecule has 0 unspecified atom stereocenters. The molecular weight excluding hydrogens is 321 g/mol. The van der Waals surface area contributed by atoms with Crippen molar-refractivity contribution >= 4 is 40.0 Å². The molecule has 0 bridgehead atoms. The molecule has 0 aromatic carbocycles. The molecule has 6 heteroatoms. The van der Waals surface area contributed by atoms with Crippen LogP contribution in [0.15, 0.2) is 18.3 Å². The largest absolute Gasteiger partial charge is 0.461 e. The predicted molar refractivity (Wildman–Crippen MR) is 68.3 cm³/mol. The standard InChI is InChI=1S/C10H10IN3O2/c1-2-16-10(15)7-5-13-9-6(11)3-4-8(12)14(7)9/h3-5H,2,12H2,1H3. The van der Waals surface area contributed by atoms with Gasteiger partial charge in [0.25, 0.3) is 0 Å². The molecule has 0 aliphatic heterocycles. The molecule has 0 aliphatic rings. The average molecular weight is 331 g/mol. The topological polar surface area (TPSA) is 69.6 Å². The highest BCUT2D eigenvalue weighted by atomic mass is 127. The Morgan fingerprint density at radius 3 is 3.06 bits per heavy atom. The first-order valence-electron chi connectivity index (χ1n) is 4.73. The summed E-state index contributed by atoms with van der Waals surface area (Å²) >= 11 is 2.14. The van der Waals surface area contributed by atoms with E-state index in [1.54, 1.807) is 17.4 Å². The van der Waals surface area contributed by atoms with E-state index in [4.69, 9.17) is 10.5 Å². The van der Waals surface area contributed by atoms with Crippen LogP contribution in [-0.4, -0.2) is 22.0 Å². The molecule has 0 atom stereocenters. The average Bonchev–Trinajstić information content (AvgIpc) is 2.69. The summed E-state index contributed by atoms with van der Waals surface area (Å²) in [6.45, 7) is 2.09. The molecule has 0 saturated carbocycles. The second-order valence-corrected chi connectivity index (χ2v) is 4.29. The normalized spacial score (nSPS) is 10.6. The van der Waals surface area contributed by atoms with Crippen LogP contribution in [0.1, 0.15) is 17.4 Å². The fourth-order valence-electron chi connectivity index (χ4n) is 1.44. The highest BCUT2D eigenvalue weighted by molar-refractivity contribution is 14.1. The van der Waals surface area contributed by atoms with Gasteiger partial charge in [-0.25, -0.2) is 9.78 Å². The van der Waals surface area contributed by atoms with Crippen molar-refractivity contribution < 1.29 is 9.53 Å². The number of ether oxygens (including phenoxy) is 1. The van der Waals surface area contributed by atoms with Crippen molar-refractivity contribution in [1.82, 2.24) is 9.38 Å². The molecule has 2 rings (SSSR count). The highest BCUT2D eigenvalue weighted by Gasteiger charge is 2.15. The number of carbonyl (C=O) groups is 1. The second kappa shape index (κ2) is 4.28. The van der Waals surface area contributed by atoms with Gasteiger partial charge in [0, 0.05) is 0 Å². The van der Waals surface area contributed by atoms with Crippen molar-refractivity contribution in [3.63, 3.8) is 0 Å². The summed E-state index contributed by atoms with van der Waals surface area (Å²) in [6, 6.07) is 3.59. The van der Waals surface area contributed by atoms with Gasteiger partial charge in [-0.1, -0.05) is 0 Å². The Hall–Kier alpha value is -1.31. The molecule has 2 aromatic heterocycles. The zero-order chi connectivity index (χ0) is 11.7. The van der Waals surface area contributed by atoms with E-state index in [2.05, 4.69) is 27.6 Å². The smallest absolute Gasteiger partial charge is 0.357 e. The monoisotopic (exact) mass is 331 g/mol. The van der Waals surface area contributed by atoms with E-state index in [1.807, 2.05) is 6.07 Å². The number of hydrogen-bond acceptors (Lipinski definition) is 4. The quantitative estimate of drug-likeness (QED) is 0.672. The molecule has 5 nitrogen and oxygen atoms in total. The lowest BCUT2D eigenvalue weighted by Crippen LogP contribution is -2.10. The SMILES string of the molecule is CCOC(=O)c1cnc2c(I)ccc(N)n12. The second-order valence-electron chi connectivity index (χ2n) is 3.13. The number of nitrogen functional groups attached to an aromatic ring is 1. The van der Waals surface area contributed by atoms with Crippen LogP contribution >= 0.6 is 22.6 Å². The molecule has 0 radical (unpaired) electrons. The van der Waals surface area contributed by atoms with Gasteiger partial charge in [0.2, 0.25) is 0 Å². The minimum atomic E-state index is -0.413. The zero-order valence-electron chi connectivity index (χ0n) is 8.61. The van der Waals surface area contributed by atoms with E-state index in [9.17, 15) is 4.79 Å².